The zero-order chi connectivity index (χ0) is 14.7. The predicted octanol–water partition coefficient (Wildman–Crippen LogP) is 2.85. The van der Waals surface area contributed by atoms with Gasteiger partial charge in [-0.25, -0.2) is 4.68 Å². The van der Waals surface area contributed by atoms with E-state index in [0.29, 0.717) is 6.04 Å². The fraction of sp³-hybridized carbons (Fsp3) is 0.471. The largest absolute Gasteiger partial charge is 0.329 e. The molecular formula is C17H25ClN4. The highest BCUT2D eigenvalue weighted by Crippen LogP contribution is 2.23. The minimum Gasteiger partial charge on any atom is -0.329 e. The van der Waals surface area contributed by atoms with Gasteiger partial charge in [0, 0.05) is 25.3 Å². The van der Waals surface area contributed by atoms with Gasteiger partial charge in [-0.05, 0) is 43.5 Å². The molecule has 1 aliphatic heterocycles. The van der Waals surface area contributed by atoms with Crippen molar-refractivity contribution in [2.75, 3.05) is 13.1 Å². The van der Waals surface area contributed by atoms with Gasteiger partial charge in [0.15, 0.2) is 0 Å². The molecule has 22 heavy (non-hydrogen) atoms. The first kappa shape index (κ1) is 17.0. The second kappa shape index (κ2) is 7.77. The summed E-state index contributed by atoms with van der Waals surface area (Å²) in [6.45, 7) is 5.09. The van der Waals surface area contributed by atoms with Crippen molar-refractivity contribution in [1.82, 2.24) is 14.7 Å². The van der Waals surface area contributed by atoms with Crippen LogP contribution >= 0.6 is 12.4 Å². The van der Waals surface area contributed by atoms with E-state index in [9.17, 15) is 0 Å². The summed E-state index contributed by atoms with van der Waals surface area (Å²) >= 11 is 0. The Balaban J connectivity index is 0.00000176. The third-order valence-corrected chi connectivity index (χ3v) is 4.40. The van der Waals surface area contributed by atoms with Crippen LogP contribution in [0.15, 0.2) is 42.6 Å². The van der Waals surface area contributed by atoms with E-state index in [0.717, 1.165) is 36.9 Å². The summed E-state index contributed by atoms with van der Waals surface area (Å²) in [5.41, 5.74) is 8.16. The van der Waals surface area contributed by atoms with Gasteiger partial charge >= 0.3 is 0 Å². The fourth-order valence-corrected chi connectivity index (χ4v) is 3.13. The van der Waals surface area contributed by atoms with Crippen LogP contribution in [-0.4, -0.2) is 33.8 Å². The van der Waals surface area contributed by atoms with E-state index in [1.54, 1.807) is 0 Å². The Morgan fingerprint density at radius 1 is 1.23 bits per heavy atom. The van der Waals surface area contributed by atoms with E-state index < -0.39 is 0 Å². The van der Waals surface area contributed by atoms with E-state index in [4.69, 9.17) is 10.8 Å². The minimum atomic E-state index is 0. The Labute approximate surface area is 138 Å². The maximum Gasteiger partial charge on any atom is 0.0769 e. The van der Waals surface area contributed by atoms with Gasteiger partial charge in [0.05, 0.1) is 11.4 Å². The van der Waals surface area contributed by atoms with Crippen molar-refractivity contribution in [3.63, 3.8) is 0 Å². The van der Waals surface area contributed by atoms with Crippen molar-refractivity contribution in [3.8, 4) is 5.69 Å². The Morgan fingerprint density at radius 3 is 2.73 bits per heavy atom. The Hall–Kier alpha value is -1.36. The Bertz CT molecular complexity index is 569. The van der Waals surface area contributed by atoms with Gasteiger partial charge in [0.25, 0.3) is 0 Å². The van der Waals surface area contributed by atoms with Crippen molar-refractivity contribution in [1.29, 1.82) is 0 Å². The first-order valence-electron chi connectivity index (χ1n) is 7.80. The number of hydrogen-bond donors (Lipinski definition) is 1. The second-order valence-electron chi connectivity index (χ2n) is 6.08. The van der Waals surface area contributed by atoms with Gasteiger partial charge in [-0.3, -0.25) is 4.90 Å². The van der Waals surface area contributed by atoms with E-state index in [1.807, 2.05) is 29.1 Å². The molecule has 1 aromatic heterocycles. The summed E-state index contributed by atoms with van der Waals surface area (Å²) in [6, 6.07) is 12.8. The number of aromatic nitrogens is 2. The van der Waals surface area contributed by atoms with Crippen LogP contribution in [0.25, 0.3) is 5.69 Å². The molecule has 5 heteroatoms. The lowest BCUT2D eigenvalue weighted by atomic mass is 9.92. The molecule has 0 amide bonds. The first-order chi connectivity index (χ1) is 10.3. The molecule has 3 rings (SSSR count). The topological polar surface area (TPSA) is 47.1 Å². The van der Waals surface area contributed by atoms with Crippen molar-refractivity contribution in [3.05, 3.63) is 48.3 Å². The molecule has 2 atom stereocenters. The predicted molar refractivity (Wildman–Crippen MR) is 92.5 cm³/mol. The van der Waals surface area contributed by atoms with Crippen molar-refractivity contribution in [2.45, 2.75) is 32.4 Å². The zero-order valence-electron chi connectivity index (χ0n) is 13.1. The van der Waals surface area contributed by atoms with E-state index in [1.165, 1.54) is 12.8 Å². The van der Waals surface area contributed by atoms with E-state index in [2.05, 4.69) is 30.0 Å². The molecule has 2 aromatic rings. The van der Waals surface area contributed by atoms with Crippen molar-refractivity contribution >= 4 is 12.4 Å². The smallest absolute Gasteiger partial charge is 0.0769 e. The van der Waals surface area contributed by atoms with Gasteiger partial charge < -0.3 is 5.73 Å². The molecule has 2 heterocycles. The standard InChI is InChI=1S/C17H24N4.ClH/c1-14-7-9-20(17(11-14)12-18)13-15-8-10-21(19-15)16-5-3-2-4-6-16;/h2-6,8,10,14,17H,7,9,11-13,18H2,1H3;1H. The highest BCUT2D eigenvalue weighted by atomic mass is 35.5. The lowest BCUT2D eigenvalue weighted by Gasteiger charge is -2.37. The molecule has 4 nitrogen and oxygen atoms in total. The SMILES string of the molecule is CC1CCN(Cc2ccn(-c3ccccc3)n2)C(CN)C1.Cl. The number of halogens is 1. The molecule has 2 N–H and O–H groups in total. The Morgan fingerprint density at radius 2 is 2.00 bits per heavy atom. The van der Waals surface area contributed by atoms with Gasteiger partial charge in [0.1, 0.15) is 0 Å². The van der Waals surface area contributed by atoms with Gasteiger partial charge in [-0.15, -0.1) is 12.4 Å². The molecule has 2 unspecified atom stereocenters. The van der Waals surface area contributed by atoms with Crippen LogP contribution in [0.1, 0.15) is 25.5 Å². The number of benzene rings is 1. The van der Waals surface area contributed by atoms with E-state index in [-0.39, 0.29) is 12.4 Å². The molecule has 1 aromatic carbocycles. The van der Waals surface area contributed by atoms with Crippen LogP contribution < -0.4 is 5.73 Å². The highest BCUT2D eigenvalue weighted by molar-refractivity contribution is 5.85. The average molecular weight is 321 g/mol. The summed E-state index contributed by atoms with van der Waals surface area (Å²) in [5, 5.41) is 4.70. The van der Waals surface area contributed by atoms with Gasteiger partial charge in [0.2, 0.25) is 0 Å². The maximum absolute atomic E-state index is 5.94. The summed E-state index contributed by atoms with van der Waals surface area (Å²) in [5.74, 6) is 0.789. The van der Waals surface area contributed by atoms with Crippen LogP contribution in [0.2, 0.25) is 0 Å². The fourth-order valence-electron chi connectivity index (χ4n) is 3.13. The van der Waals surface area contributed by atoms with Crippen LogP contribution in [0.4, 0.5) is 0 Å². The van der Waals surface area contributed by atoms with Crippen LogP contribution in [0.5, 0.6) is 0 Å². The third-order valence-electron chi connectivity index (χ3n) is 4.40. The van der Waals surface area contributed by atoms with Crippen LogP contribution in [0, 0.1) is 5.92 Å². The number of nitrogens with zero attached hydrogens (tertiary/aromatic N) is 3. The summed E-state index contributed by atoms with van der Waals surface area (Å²) < 4.78 is 1.94. The molecular weight excluding hydrogens is 296 g/mol. The van der Waals surface area contributed by atoms with E-state index >= 15 is 0 Å². The molecule has 120 valence electrons. The molecule has 0 radical (unpaired) electrons. The maximum atomic E-state index is 5.94. The summed E-state index contributed by atoms with van der Waals surface area (Å²) in [7, 11) is 0. The second-order valence-corrected chi connectivity index (χ2v) is 6.08. The number of rotatable bonds is 4. The third kappa shape index (κ3) is 3.88. The molecule has 1 saturated heterocycles. The zero-order valence-corrected chi connectivity index (χ0v) is 13.9. The van der Waals surface area contributed by atoms with Gasteiger partial charge in [-0.1, -0.05) is 25.1 Å². The molecule has 1 fully saturated rings. The normalized spacial score (nSPS) is 22.3. The van der Waals surface area contributed by atoms with Crippen molar-refractivity contribution < 1.29 is 0 Å². The lowest BCUT2D eigenvalue weighted by Crippen LogP contribution is -2.45. The van der Waals surface area contributed by atoms with Crippen LogP contribution in [-0.2, 0) is 6.54 Å². The molecule has 0 aliphatic carbocycles. The van der Waals surface area contributed by atoms with Crippen molar-refractivity contribution in [2.24, 2.45) is 11.7 Å². The summed E-state index contributed by atoms with van der Waals surface area (Å²) in [6.07, 6.45) is 4.50. The monoisotopic (exact) mass is 320 g/mol. The Kier molecular flexibility index (Phi) is 6.00. The summed E-state index contributed by atoms with van der Waals surface area (Å²) in [4.78, 5) is 2.48. The number of nitrogens with two attached hydrogens (primary N) is 1. The lowest BCUT2D eigenvalue weighted by molar-refractivity contribution is 0.113. The minimum absolute atomic E-state index is 0. The highest BCUT2D eigenvalue weighted by Gasteiger charge is 2.25. The quantitative estimate of drug-likeness (QED) is 0.942. The molecule has 1 aliphatic rings. The molecule has 0 spiro atoms. The molecule has 0 bridgehead atoms. The number of piperidine rings is 1. The average Bonchev–Trinajstić information content (AvgIpc) is 2.98. The number of para-hydroxylation sites is 1. The van der Waals surface area contributed by atoms with Gasteiger partial charge in [-0.2, -0.15) is 5.10 Å². The number of likely N-dealkylation sites (tertiary alicyclic amines) is 1. The molecule has 0 saturated carbocycles. The van der Waals surface area contributed by atoms with Crippen LogP contribution in [0.3, 0.4) is 0 Å². The first-order valence-corrected chi connectivity index (χ1v) is 7.80. The number of hydrogen-bond acceptors (Lipinski definition) is 3.